The van der Waals surface area contributed by atoms with Crippen LogP contribution in [0.25, 0.3) is 0 Å². The lowest BCUT2D eigenvalue weighted by Crippen LogP contribution is -2.39. The van der Waals surface area contributed by atoms with Crippen molar-refractivity contribution in [2.45, 2.75) is 46.1 Å². The number of carbonyl (C=O) groups excluding carboxylic acids is 3. The number of ether oxygens (including phenoxy) is 2. The second-order valence-corrected chi connectivity index (χ2v) is 8.28. The molecule has 0 bridgehead atoms. The second kappa shape index (κ2) is 7.41. The summed E-state index contributed by atoms with van der Waals surface area (Å²) in [4.78, 5) is 39.8. The zero-order valence-corrected chi connectivity index (χ0v) is 16.9. The van der Waals surface area contributed by atoms with Crippen LogP contribution < -0.4 is 9.64 Å². The molecule has 0 unspecified atom stereocenters. The molecule has 1 aliphatic carbocycles. The summed E-state index contributed by atoms with van der Waals surface area (Å²) < 4.78 is 10.2. The summed E-state index contributed by atoms with van der Waals surface area (Å²) in [5, 5.41) is 0. The lowest BCUT2D eigenvalue weighted by Gasteiger charge is -2.24. The van der Waals surface area contributed by atoms with Crippen LogP contribution in [0, 0.1) is 10.8 Å². The molecule has 6 nitrogen and oxygen atoms in total. The number of methoxy groups -OCH3 is 1. The maximum atomic E-state index is 13.5. The van der Waals surface area contributed by atoms with Crippen molar-refractivity contribution in [1.82, 2.24) is 0 Å². The van der Waals surface area contributed by atoms with Gasteiger partial charge in [-0.2, -0.15) is 0 Å². The lowest BCUT2D eigenvalue weighted by atomic mass is 9.79. The third-order valence-corrected chi connectivity index (χ3v) is 5.56. The lowest BCUT2D eigenvalue weighted by molar-refractivity contribution is -0.137. The van der Waals surface area contributed by atoms with Crippen molar-refractivity contribution in [3.8, 4) is 5.75 Å². The molecule has 1 aromatic rings. The molecule has 2 fully saturated rings. The van der Waals surface area contributed by atoms with E-state index >= 15 is 0 Å². The summed E-state index contributed by atoms with van der Waals surface area (Å²) in [6, 6.07) is 6.76. The number of amides is 1. The van der Waals surface area contributed by atoms with Gasteiger partial charge in [0, 0.05) is 18.2 Å². The largest absolute Gasteiger partial charge is 0.497 e. The van der Waals surface area contributed by atoms with Crippen LogP contribution in [0.3, 0.4) is 0 Å². The molecule has 0 radical (unpaired) electrons. The summed E-state index contributed by atoms with van der Waals surface area (Å²) in [5.41, 5.74) is -0.552. The van der Waals surface area contributed by atoms with Crippen molar-refractivity contribution in [1.29, 1.82) is 0 Å². The van der Waals surface area contributed by atoms with Gasteiger partial charge in [-0.25, -0.2) is 4.79 Å². The maximum absolute atomic E-state index is 13.5. The minimum Gasteiger partial charge on any atom is -0.497 e. The van der Waals surface area contributed by atoms with E-state index in [9.17, 15) is 14.4 Å². The third-order valence-electron chi connectivity index (χ3n) is 5.56. The number of carbonyl (C=O) groups is 3. The smallest absolute Gasteiger partial charge is 0.330 e. The van der Waals surface area contributed by atoms with Gasteiger partial charge in [-0.05, 0) is 49.4 Å². The average molecular weight is 385 g/mol. The molecule has 1 aliphatic heterocycles. The van der Waals surface area contributed by atoms with E-state index in [-0.39, 0.29) is 29.8 Å². The molecule has 1 spiro atoms. The molecule has 150 valence electrons. The first-order valence-corrected chi connectivity index (χ1v) is 9.58. The molecule has 3 rings (SSSR count). The van der Waals surface area contributed by atoms with Gasteiger partial charge >= 0.3 is 5.97 Å². The van der Waals surface area contributed by atoms with Gasteiger partial charge in [0.2, 0.25) is 5.91 Å². The number of esters is 1. The summed E-state index contributed by atoms with van der Waals surface area (Å²) in [6.07, 6.45) is 4.31. The first-order valence-electron chi connectivity index (χ1n) is 9.58. The highest BCUT2D eigenvalue weighted by Gasteiger charge is 2.61. The highest BCUT2D eigenvalue weighted by Crippen LogP contribution is 2.54. The molecule has 6 heteroatoms. The van der Waals surface area contributed by atoms with Crippen LogP contribution in [0.4, 0.5) is 5.69 Å². The Kier molecular flexibility index (Phi) is 5.33. The highest BCUT2D eigenvalue weighted by molar-refractivity contribution is 6.16. The van der Waals surface area contributed by atoms with Crippen LogP contribution >= 0.6 is 0 Å². The zero-order valence-electron chi connectivity index (χ0n) is 16.9. The molecule has 1 saturated heterocycles. The minimum atomic E-state index is -1.02. The van der Waals surface area contributed by atoms with E-state index in [0.717, 1.165) is 0 Å². The van der Waals surface area contributed by atoms with Crippen LogP contribution in [0.5, 0.6) is 5.75 Å². The van der Waals surface area contributed by atoms with Gasteiger partial charge in [-0.15, -0.1) is 0 Å². The predicted octanol–water partition coefficient (Wildman–Crippen LogP) is 3.30. The molecule has 1 aromatic carbocycles. The fourth-order valence-electron chi connectivity index (χ4n) is 4.47. The number of rotatable bonds is 5. The molecule has 0 N–H and O–H groups in total. The van der Waals surface area contributed by atoms with Crippen LogP contribution in [0.15, 0.2) is 36.4 Å². The number of hydrogen-bond acceptors (Lipinski definition) is 5. The Labute approximate surface area is 165 Å². The van der Waals surface area contributed by atoms with Gasteiger partial charge in [-0.3, -0.25) is 9.59 Å². The first kappa shape index (κ1) is 20.1. The van der Waals surface area contributed by atoms with E-state index in [1.165, 1.54) is 6.08 Å². The molecule has 2 atom stereocenters. The fourth-order valence-corrected chi connectivity index (χ4v) is 4.47. The topological polar surface area (TPSA) is 72.9 Å². The Morgan fingerprint density at radius 1 is 1.25 bits per heavy atom. The van der Waals surface area contributed by atoms with Crippen LogP contribution in [-0.4, -0.2) is 37.4 Å². The van der Waals surface area contributed by atoms with E-state index in [1.54, 1.807) is 49.3 Å². The van der Waals surface area contributed by atoms with Gasteiger partial charge in [-0.1, -0.05) is 19.9 Å². The van der Waals surface area contributed by atoms with Crippen LogP contribution in [0.2, 0.25) is 0 Å². The van der Waals surface area contributed by atoms with Crippen molar-refractivity contribution >= 4 is 23.3 Å². The normalized spacial score (nSPS) is 26.4. The quantitative estimate of drug-likeness (QED) is 0.442. The van der Waals surface area contributed by atoms with Gasteiger partial charge < -0.3 is 14.4 Å². The highest BCUT2D eigenvalue weighted by atomic mass is 16.5. The van der Waals surface area contributed by atoms with E-state index in [4.69, 9.17) is 9.47 Å². The molecule has 2 aliphatic rings. The number of nitrogens with zero attached hydrogens (tertiary/aromatic N) is 1. The van der Waals surface area contributed by atoms with Gasteiger partial charge in [0.05, 0.1) is 19.8 Å². The number of hydrogen-bond donors (Lipinski definition) is 0. The second-order valence-electron chi connectivity index (χ2n) is 8.28. The summed E-state index contributed by atoms with van der Waals surface area (Å²) in [5.74, 6) is 0.0326. The SMILES string of the molecule is CCOC(=O)/C=C/[C@H]1C[C@]2(CC(C)(C)CC2=O)C(=O)N1c1ccc(OC)cc1. The number of benzene rings is 1. The fraction of sp³-hybridized carbons (Fsp3) is 0.500. The average Bonchev–Trinajstić information content (AvgIpc) is 3.05. The predicted molar refractivity (Wildman–Crippen MR) is 105 cm³/mol. The molecule has 1 heterocycles. The van der Waals surface area contributed by atoms with Crippen molar-refractivity contribution in [3.05, 3.63) is 36.4 Å². The molecular weight excluding hydrogens is 358 g/mol. The minimum absolute atomic E-state index is 0.00644. The van der Waals surface area contributed by atoms with Crippen molar-refractivity contribution in [2.24, 2.45) is 10.8 Å². The van der Waals surface area contributed by atoms with Crippen molar-refractivity contribution in [3.63, 3.8) is 0 Å². The first-order chi connectivity index (χ1) is 13.2. The summed E-state index contributed by atoms with van der Waals surface area (Å²) >= 11 is 0. The van der Waals surface area contributed by atoms with Crippen LogP contribution in [0.1, 0.15) is 40.0 Å². The van der Waals surface area contributed by atoms with Crippen LogP contribution in [-0.2, 0) is 19.1 Å². The number of anilines is 1. The van der Waals surface area contributed by atoms with Gasteiger partial charge in [0.25, 0.3) is 0 Å². The Morgan fingerprint density at radius 2 is 1.93 bits per heavy atom. The van der Waals surface area contributed by atoms with Gasteiger partial charge in [0.1, 0.15) is 16.9 Å². The van der Waals surface area contributed by atoms with E-state index < -0.39 is 11.4 Å². The molecule has 28 heavy (non-hydrogen) atoms. The summed E-state index contributed by atoms with van der Waals surface area (Å²) in [7, 11) is 1.58. The number of ketones is 1. The third kappa shape index (κ3) is 3.55. The molecular formula is C22H27NO5. The Balaban J connectivity index is 1.98. The van der Waals surface area contributed by atoms with E-state index in [2.05, 4.69) is 0 Å². The zero-order chi connectivity index (χ0) is 20.5. The van der Waals surface area contributed by atoms with E-state index in [0.29, 0.717) is 30.7 Å². The van der Waals surface area contributed by atoms with Crippen molar-refractivity contribution < 1.29 is 23.9 Å². The standard InChI is InChI=1S/C22H27NO5/c1-5-28-19(25)11-8-16-12-22(14-21(2,3)13-18(22)24)20(26)23(16)15-6-9-17(27-4)10-7-15/h6-11,16H,5,12-14H2,1-4H3/b11-8+/t16-,22+/m0/s1. The Hall–Kier alpha value is -2.63. The summed E-state index contributed by atoms with van der Waals surface area (Å²) in [6.45, 7) is 6.06. The molecule has 1 amide bonds. The van der Waals surface area contributed by atoms with E-state index in [1.807, 2.05) is 13.8 Å². The van der Waals surface area contributed by atoms with Gasteiger partial charge in [0.15, 0.2) is 0 Å². The molecule has 0 aromatic heterocycles. The number of Topliss-reactive ketones (excluding diaryl/α,β-unsaturated/α-hetero) is 1. The van der Waals surface area contributed by atoms with Crippen molar-refractivity contribution in [2.75, 3.05) is 18.6 Å². The molecule has 1 saturated carbocycles. The Morgan fingerprint density at radius 3 is 2.46 bits per heavy atom. The Bertz CT molecular complexity index is 811. The monoisotopic (exact) mass is 385 g/mol. The maximum Gasteiger partial charge on any atom is 0.330 e.